The average Bonchev–Trinajstić information content (AvgIpc) is 2.39. The lowest BCUT2D eigenvalue weighted by molar-refractivity contribution is 0.0492. The van der Waals surface area contributed by atoms with Crippen LogP contribution in [0.5, 0.6) is 0 Å². The maximum Gasteiger partial charge on any atom is 0.244 e. The molecule has 4 N–H and O–H groups in total. The molecule has 2 heterocycles. The van der Waals surface area contributed by atoms with Gasteiger partial charge in [0.1, 0.15) is 0 Å². The quantitative estimate of drug-likeness (QED) is 0.455. The molecule has 1 aliphatic heterocycles. The Balaban J connectivity index is 2.12. The van der Waals surface area contributed by atoms with E-state index in [1.54, 1.807) is 4.90 Å². The SMILES string of the molecule is CN(C)c1nc(NN)nc(NN2CCOCC2)n1. The van der Waals surface area contributed by atoms with E-state index in [2.05, 4.69) is 25.8 Å². The Morgan fingerprint density at radius 1 is 1.17 bits per heavy atom. The zero-order valence-corrected chi connectivity index (χ0v) is 10.6. The van der Waals surface area contributed by atoms with Crippen molar-refractivity contribution in [1.29, 1.82) is 0 Å². The molecule has 0 saturated carbocycles. The van der Waals surface area contributed by atoms with E-state index in [0.717, 1.165) is 13.1 Å². The molecule has 0 spiro atoms. The third-order valence-electron chi connectivity index (χ3n) is 2.42. The Morgan fingerprint density at radius 3 is 2.44 bits per heavy atom. The normalized spacial score (nSPS) is 16.4. The van der Waals surface area contributed by atoms with Crippen LogP contribution in [0.4, 0.5) is 17.8 Å². The molecule has 9 heteroatoms. The van der Waals surface area contributed by atoms with E-state index < -0.39 is 0 Å². The van der Waals surface area contributed by atoms with Crippen LogP contribution in [0.15, 0.2) is 0 Å². The minimum Gasteiger partial charge on any atom is -0.379 e. The summed E-state index contributed by atoms with van der Waals surface area (Å²) in [6.45, 7) is 2.96. The third kappa shape index (κ3) is 3.15. The Morgan fingerprint density at radius 2 is 1.83 bits per heavy atom. The van der Waals surface area contributed by atoms with Crippen molar-refractivity contribution in [2.75, 3.05) is 56.2 Å². The molecule has 0 atom stereocenters. The molecule has 2 rings (SSSR count). The fourth-order valence-corrected chi connectivity index (χ4v) is 1.50. The van der Waals surface area contributed by atoms with Gasteiger partial charge in [-0.3, -0.25) is 10.9 Å². The molecule has 1 aromatic rings. The van der Waals surface area contributed by atoms with Crippen molar-refractivity contribution < 1.29 is 4.74 Å². The van der Waals surface area contributed by atoms with Gasteiger partial charge in [0.2, 0.25) is 17.8 Å². The second kappa shape index (κ2) is 5.76. The van der Waals surface area contributed by atoms with Gasteiger partial charge in [-0.15, -0.1) is 0 Å². The zero-order valence-electron chi connectivity index (χ0n) is 10.6. The summed E-state index contributed by atoms with van der Waals surface area (Å²) >= 11 is 0. The second-order valence-corrected chi connectivity index (χ2v) is 4.03. The summed E-state index contributed by atoms with van der Waals surface area (Å²) in [6.07, 6.45) is 0. The van der Waals surface area contributed by atoms with E-state index in [4.69, 9.17) is 10.6 Å². The summed E-state index contributed by atoms with van der Waals surface area (Å²) in [5.41, 5.74) is 5.55. The summed E-state index contributed by atoms with van der Waals surface area (Å²) in [5.74, 6) is 6.66. The van der Waals surface area contributed by atoms with Gasteiger partial charge in [-0.2, -0.15) is 15.0 Å². The number of nitrogens with two attached hydrogens (primary N) is 1. The number of anilines is 3. The van der Waals surface area contributed by atoms with Gasteiger partial charge in [0, 0.05) is 27.2 Å². The van der Waals surface area contributed by atoms with Crippen LogP contribution in [0.25, 0.3) is 0 Å². The van der Waals surface area contributed by atoms with Crippen LogP contribution in [-0.4, -0.2) is 60.4 Å². The van der Waals surface area contributed by atoms with Crippen molar-refractivity contribution in [2.45, 2.75) is 0 Å². The van der Waals surface area contributed by atoms with Crippen LogP contribution in [-0.2, 0) is 4.74 Å². The van der Waals surface area contributed by atoms with Crippen LogP contribution in [0.3, 0.4) is 0 Å². The molecule has 1 aromatic heterocycles. The molecule has 9 nitrogen and oxygen atoms in total. The highest BCUT2D eigenvalue weighted by molar-refractivity contribution is 5.41. The van der Waals surface area contributed by atoms with Gasteiger partial charge in [-0.05, 0) is 0 Å². The van der Waals surface area contributed by atoms with Crippen molar-refractivity contribution in [1.82, 2.24) is 20.0 Å². The number of aromatic nitrogens is 3. The second-order valence-electron chi connectivity index (χ2n) is 4.03. The van der Waals surface area contributed by atoms with Gasteiger partial charge >= 0.3 is 0 Å². The molecule has 18 heavy (non-hydrogen) atoms. The van der Waals surface area contributed by atoms with E-state index in [1.807, 2.05) is 19.1 Å². The Hall–Kier alpha value is -1.71. The lowest BCUT2D eigenvalue weighted by Gasteiger charge is -2.27. The first-order valence-electron chi connectivity index (χ1n) is 5.68. The first-order valence-corrected chi connectivity index (χ1v) is 5.68. The summed E-state index contributed by atoms with van der Waals surface area (Å²) in [6, 6.07) is 0. The predicted octanol–water partition coefficient (Wildman–Crippen LogP) is -1.12. The van der Waals surface area contributed by atoms with Gasteiger partial charge in [0.25, 0.3) is 0 Å². The van der Waals surface area contributed by atoms with Crippen molar-refractivity contribution >= 4 is 17.8 Å². The molecule has 1 saturated heterocycles. The zero-order chi connectivity index (χ0) is 13.0. The highest BCUT2D eigenvalue weighted by Gasteiger charge is 2.13. The molecule has 0 bridgehead atoms. The van der Waals surface area contributed by atoms with Crippen LogP contribution >= 0.6 is 0 Å². The van der Waals surface area contributed by atoms with E-state index in [0.29, 0.717) is 31.1 Å². The number of nitrogens with one attached hydrogen (secondary N) is 2. The number of ether oxygens (including phenoxy) is 1. The van der Waals surface area contributed by atoms with E-state index in [1.165, 1.54) is 0 Å². The van der Waals surface area contributed by atoms with E-state index in [9.17, 15) is 0 Å². The molecule has 0 aromatic carbocycles. The first kappa shape index (κ1) is 12.7. The van der Waals surface area contributed by atoms with Gasteiger partial charge in [0.15, 0.2) is 0 Å². The van der Waals surface area contributed by atoms with Crippen LogP contribution in [0, 0.1) is 0 Å². The molecule has 0 aliphatic carbocycles. The molecule has 0 radical (unpaired) electrons. The number of hydrogen-bond donors (Lipinski definition) is 3. The fraction of sp³-hybridized carbons (Fsp3) is 0.667. The first-order chi connectivity index (χ1) is 8.69. The van der Waals surface area contributed by atoms with Gasteiger partial charge in [-0.25, -0.2) is 10.9 Å². The van der Waals surface area contributed by atoms with Gasteiger partial charge < -0.3 is 9.64 Å². The maximum atomic E-state index is 5.34. The molecular weight excluding hydrogens is 236 g/mol. The number of rotatable bonds is 4. The van der Waals surface area contributed by atoms with Crippen LogP contribution < -0.4 is 21.6 Å². The smallest absolute Gasteiger partial charge is 0.244 e. The van der Waals surface area contributed by atoms with Gasteiger partial charge in [0.05, 0.1) is 13.2 Å². The van der Waals surface area contributed by atoms with E-state index in [-0.39, 0.29) is 0 Å². The van der Waals surface area contributed by atoms with Crippen molar-refractivity contribution in [2.24, 2.45) is 5.84 Å². The summed E-state index contributed by atoms with van der Waals surface area (Å²) < 4.78 is 5.27. The fourth-order valence-electron chi connectivity index (χ4n) is 1.50. The van der Waals surface area contributed by atoms with Crippen LogP contribution in [0.2, 0.25) is 0 Å². The van der Waals surface area contributed by atoms with Crippen molar-refractivity contribution in [3.63, 3.8) is 0 Å². The van der Waals surface area contributed by atoms with Gasteiger partial charge in [-0.1, -0.05) is 0 Å². The van der Waals surface area contributed by atoms with Crippen molar-refractivity contribution in [3.8, 4) is 0 Å². The minimum absolute atomic E-state index is 0.324. The number of nitrogens with zero attached hydrogens (tertiary/aromatic N) is 5. The molecule has 1 aliphatic rings. The monoisotopic (exact) mass is 254 g/mol. The highest BCUT2D eigenvalue weighted by Crippen LogP contribution is 2.11. The number of hydrogen-bond acceptors (Lipinski definition) is 9. The molecule has 1 fully saturated rings. The Bertz CT molecular complexity index is 392. The largest absolute Gasteiger partial charge is 0.379 e. The summed E-state index contributed by atoms with van der Waals surface area (Å²) in [7, 11) is 3.71. The lowest BCUT2D eigenvalue weighted by Crippen LogP contribution is -2.40. The third-order valence-corrected chi connectivity index (χ3v) is 2.42. The Labute approximate surface area is 105 Å². The summed E-state index contributed by atoms with van der Waals surface area (Å²) in [4.78, 5) is 14.4. The molecular formula is C9H18N8O. The topological polar surface area (TPSA) is 104 Å². The molecule has 0 amide bonds. The lowest BCUT2D eigenvalue weighted by atomic mass is 10.5. The highest BCUT2D eigenvalue weighted by atomic mass is 16.5. The molecule has 100 valence electrons. The van der Waals surface area contributed by atoms with Crippen LogP contribution in [0.1, 0.15) is 0 Å². The number of hydrazine groups is 2. The predicted molar refractivity (Wildman–Crippen MR) is 68.0 cm³/mol. The molecule has 0 unspecified atom stereocenters. The Kier molecular flexibility index (Phi) is 4.07. The summed E-state index contributed by atoms with van der Waals surface area (Å²) in [5, 5.41) is 2.00. The maximum absolute atomic E-state index is 5.34. The number of nitrogen functional groups attached to an aromatic ring is 1. The average molecular weight is 254 g/mol. The van der Waals surface area contributed by atoms with E-state index >= 15 is 0 Å². The number of morpholine rings is 1. The minimum atomic E-state index is 0.324. The van der Waals surface area contributed by atoms with Crippen molar-refractivity contribution in [3.05, 3.63) is 0 Å². The standard InChI is InChI=1S/C9H18N8O/c1-16(2)9-12-7(14-10)11-8(13-9)15-17-3-5-18-6-4-17/h3-6,10H2,1-2H3,(H2,11,12,13,14,15).